The number of methoxy groups -OCH3 is 1. The zero-order valence-corrected chi connectivity index (χ0v) is 6.72. The number of pyridine rings is 1. The van der Waals surface area contributed by atoms with Gasteiger partial charge >= 0.3 is 0 Å². The van der Waals surface area contributed by atoms with E-state index in [1.54, 1.807) is 0 Å². The zero-order chi connectivity index (χ0) is 10.0. The molecular weight excluding hydrogens is 185 g/mol. The van der Waals surface area contributed by atoms with Gasteiger partial charge < -0.3 is 10.5 Å². The molecule has 0 aromatic carbocycles. The zero-order valence-electron chi connectivity index (χ0n) is 6.72. The fourth-order valence-corrected chi connectivity index (χ4v) is 0.924. The first-order valence-corrected chi connectivity index (χ1v) is 3.34. The van der Waals surface area contributed by atoms with Crippen LogP contribution in [0.5, 0.6) is 5.75 Å². The first kappa shape index (κ1) is 9.63. The maximum atomic E-state index is 12.5. The van der Waals surface area contributed by atoms with Crippen molar-refractivity contribution < 1.29 is 17.9 Å². The Hall–Kier alpha value is -1.46. The summed E-state index contributed by atoms with van der Waals surface area (Å²) in [7, 11) is 1.16. The lowest BCUT2D eigenvalue weighted by molar-refractivity contribution is 0.146. The van der Waals surface area contributed by atoms with E-state index in [4.69, 9.17) is 5.73 Å². The van der Waals surface area contributed by atoms with Gasteiger partial charge in [0.15, 0.2) is 11.6 Å². The third-order valence-corrected chi connectivity index (χ3v) is 1.44. The number of nitrogens with two attached hydrogens (primary N) is 1. The lowest BCUT2D eigenvalue weighted by Crippen LogP contribution is -2.02. The van der Waals surface area contributed by atoms with Crippen LogP contribution in [-0.4, -0.2) is 12.1 Å². The molecule has 0 amide bonds. The summed E-state index contributed by atoms with van der Waals surface area (Å²) in [6.07, 6.45) is -2.84. The van der Waals surface area contributed by atoms with E-state index < -0.39 is 17.9 Å². The van der Waals surface area contributed by atoms with Gasteiger partial charge in [0.25, 0.3) is 6.43 Å². The maximum absolute atomic E-state index is 12.5. The lowest BCUT2D eigenvalue weighted by Gasteiger charge is -2.08. The van der Waals surface area contributed by atoms with Crippen LogP contribution >= 0.6 is 0 Å². The molecule has 0 aliphatic carbocycles. The molecular formula is C7H7F3N2O. The summed E-state index contributed by atoms with van der Waals surface area (Å²) in [5.41, 5.74) is 4.57. The van der Waals surface area contributed by atoms with Crippen molar-refractivity contribution in [2.45, 2.75) is 6.43 Å². The standard InChI is InChI=1S/C7H7F3N2O/c1-13-5-3(6(9)10)2-4(8)12-7(5)11/h2,6H,1H3,(H2,11,12). The topological polar surface area (TPSA) is 48.1 Å². The minimum absolute atomic E-state index is 0.281. The molecule has 0 fully saturated rings. The van der Waals surface area contributed by atoms with E-state index in [2.05, 4.69) is 9.72 Å². The van der Waals surface area contributed by atoms with Crippen LogP contribution < -0.4 is 10.5 Å². The van der Waals surface area contributed by atoms with Crippen LogP contribution in [0.15, 0.2) is 6.07 Å². The fraction of sp³-hybridized carbons (Fsp3) is 0.286. The summed E-state index contributed by atoms with van der Waals surface area (Å²) < 4.78 is 41.6. The number of hydrogen-bond acceptors (Lipinski definition) is 3. The Morgan fingerprint density at radius 2 is 2.15 bits per heavy atom. The number of hydrogen-bond donors (Lipinski definition) is 1. The predicted molar refractivity (Wildman–Crippen MR) is 40.1 cm³/mol. The van der Waals surface area contributed by atoms with Gasteiger partial charge in [-0.1, -0.05) is 0 Å². The van der Waals surface area contributed by atoms with Gasteiger partial charge in [0, 0.05) is 6.07 Å². The van der Waals surface area contributed by atoms with Crippen molar-refractivity contribution in [1.82, 2.24) is 4.98 Å². The van der Waals surface area contributed by atoms with Crippen molar-refractivity contribution in [3.8, 4) is 5.75 Å². The Balaban J connectivity index is 3.29. The van der Waals surface area contributed by atoms with Gasteiger partial charge in [-0.05, 0) is 0 Å². The van der Waals surface area contributed by atoms with E-state index in [-0.39, 0.29) is 11.6 Å². The molecule has 6 heteroatoms. The fourth-order valence-electron chi connectivity index (χ4n) is 0.924. The number of alkyl halides is 2. The van der Waals surface area contributed by atoms with Crippen LogP contribution in [-0.2, 0) is 0 Å². The number of anilines is 1. The molecule has 13 heavy (non-hydrogen) atoms. The normalized spacial score (nSPS) is 10.5. The van der Waals surface area contributed by atoms with E-state index in [1.807, 2.05) is 0 Å². The average Bonchev–Trinajstić information content (AvgIpc) is 2.02. The molecule has 1 rings (SSSR count). The Morgan fingerprint density at radius 1 is 1.54 bits per heavy atom. The number of ether oxygens (including phenoxy) is 1. The molecule has 0 unspecified atom stereocenters. The Labute approximate surface area is 72.3 Å². The second kappa shape index (κ2) is 3.51. The maximum Gasteiger partial charge on any atom is 0.267 e. The van der Waals surface area contributed by atoms with Crippen LogP contribution in [0.4, 0.5) is 19.0 Å². The highest BCUT2D eigenvalue weighted by atomic mass is 19.3. The quantitative estimate of drug-likeness (QED) is 0.726. The number of halogens is 3. The Morgan fingerprint density at radius 3 is 2.62 bits per heavy atom. The summed E-state index contributed by atoms with van der Waals surface area (Å²) in [5.74, 6) is -1.71. The van der Waals surface area contributed by atoms with Crippen LogP contribution in [0.1, 0.15) is 12.0 Å². The summed E-state index contributed by atoms with van der Waals surface area (Å²) >= 11 is 0. The van der Waals surface area contributed by atoms with Crippen molar-refractivity contribution in [3.63, 3.8) is 0 Å². The molecule has 0 radical (unpaired) electrons. The van der Waals surface area contributed by atoms with Gasteiger partial charge in [0.2, 0.25) is 5.95 Å². The molecule has 3 nitrogen and oxygen atoms in total. The molecule has 1 aromatic heterocycles. The van der Waals surface area contributed by atoms with Crippen molar-refractivity contribution in [2.24, 2.45) is 0 Å². The van der Waals surface area contributed by atoms with E-state index >= 15 is 0 Å². The highest BCUT2D eigenvalue weighted by Crippen LogP contribution is 2.32. The van der Waals surface area contributed by atoms with Crippen molar-refractivity contribution >= 4 is 5.82 Å². The second-order valence-corrected chi connectivity index (χ2v) is 2.25. The van der Waals surface area contributed by atoms with Crippen LogP contribution in [0, 0.1) is 5.95 Å². The predicted octanol–water partition coefficient (Wildman–Crippen LogP) is 1.75. The Kier molecular flexibility index (Phi) is 2.60. The third kappa shape index (κ3) is 1.82. The van der Waals surface area contributed by atoms with Crippen molar-refractivity contribution in [1.29, 1.82) is 0 Å². The smallest absolute Gasteiger partial charge is 0.267 e. The average molecular weight is 192 g/mol. The Bertz CT molecular complexity index is 317. The summed E-state index contributed by atoms with van der Waals surface area (Å²) in [6, 6.07) is 0.597. The molecule has 1 aromatic rings. The molecule has 0 atom stereocenters. The molecule has 0 spiro atoms. The number of nitrogens with zero attached hydrogens (tertiary/aromatic N) is 1. The monoisotopic (exact) mass is 192 g/mol. The molecule has 0 saturated carbocycles. The largest absolute Gasteiger partial charge is 0.492 e. The van der Waals surface area contributed by atoms with E-state index in [0.717, 1.165) is 7.11 Å². The summed E-state index contributed by atoms with van der Waals surface area (Å²) in [6.45, 7) is 0. The van der Waals surface area contributed by atoms with Gasteiger partial charge in [-0.3, -0.25) is 0 Å². The summed E-state index contributed by atoms with van der Waals surface area (Å²) in [4.78, 5) is 3.14. The minimum Gasteiger partial charge on any atom is -0.492 e. The van der Waals surface area contributed by atoms with Gasteiger partial charge in [-0.25, -0.2) is 8.78 Å². The molecule has 0 aliphatic heterocycles. The van der Waals surface area contributed by atoms with Crippen molar-refractivity contribution in [2.75, 3.05) is 12.8 Å². The first-order chi connectivity index (χ1) is 6.06. The highest BCUT2D eigenvalue weighted by Gasteiger charge is 2.18. The molecule has 0 aliphatic rings. The summed E-state index contributed by atoms with van der Waals surface area (Å²) in [5, 5.41) is 0. The van der Waals surface area contributed by atoms with E-state index in [0.29, 0.717) is 6.07 Å². The molecule has 0 bridgehead atoms. The van der Waals surface area contributed by atoms with Crippen molar-refractivity contribution in [3.05, 3.63) is 17.6 Å². The lowest BCUT2D eigenvalue weighted by atomic mass is 10.2. The van der Waals surface area contributed by atoms with Gasteiger partial charge in [0.05, 0.1) is 12.7 Å². The van der Waals surface area contributed by atoms with Gasteiger partial charge in [-0.15, -0.1) is 0 Å². The SMILES string of the molecule is COc1c(C(F)F)cc(F)nc1N. The van der Waals surface area contributed by atoms with Gasteiger partial charge in [-0.2, -0.15) is 9.37 Å². The van der Waals surface area contributed by atoms with E-state index in [1.165, 1.54) is 0 Å². The molecule has 0 saturated heterocycles. The van der Waals surface area contributed by atoms with Gasteiger partial charge in [0.1, 0.15) is 0 Å². The molecule has 72 valence electrons. The van der Waals surface area contributed by atoms with Crippen LogP contribution in [0.2, 0.25) is 0 Å². The number of aromatic nitrogens is 1. The van der Waals surface area contributed by atoms with E-state index in [9.17, 15) is 13.2 Å². The highest BCUT2D eigenvalue weighted by molar-refractivity contribution is 5.51. The number of rotatable bonds is 2. The number of nitrogen functional groups attached to an aromatic ring is 1. The van der Waals surface area contributed by atoms with Crippen LogP contribution in [0.25, 0.3) is 0 Å². The molecule has 1 heterocycles. The van der Waals surface area contributed by atoms with Crippen LogP contribution in [0.3, 0.4) is 0 Å². The minimum atomic E-state index is -2.84. The molecule has 2 N–H and O–H groups in total. The third-order valence-electron chi connectivity index (χ3n) is 1.44. The first-order valence-electron chi connectivity index (χ1n) is 3.34. The second-order valence-electron chi connectivity index (χ2n) is 2.25.